The second-order valence-electron chi connectivity index (χ2n) is 6.18. The second-order valence-corrected chi connectivity index (χ2v) is 7.13. The van der Waals surface area contributed by atoms with E-state index in [4.69, 9.17) is 4.74 Å². The summed E-state index contributed by atoms with van der Waals surface area (Å²) in [5, 5.41) is 11.7. The van der Waals surface area contributed by atoms with E-state index in [1.165, 1.54) is 0 Å². The number of esters is 1. The van der Waals surface area contributed by atoms with Crippen molar-refractivity contribution in [3.8, 4) is 10.6 Å². The van der Waals surface area contributed by atoms with Gasteiger partial charge in [-0.3, -0.25) is 9.89 Å². The van der Waals surface area contributed by atoms with E-state index in [0.29, 0.717) is 28.3 Å². The van der Waals surface area contributed by atoms with Gasteiger partial charge in [0.1, 0.15) is 5.69 Å². The van der Waals surface area contributed by atoms with Crippen LogP contribution in [0.5, 0.6) is 0 Å². The molecular formula is C18H20N4O3S. The second kappa shape index (κ2) is 7.17. The molecule has 0 aliphatic carbocycles. The fourth-order valence-electron chi connectivity index (χ4n) is 2.68. The third-order valence-electron chi connectivity index (χ3n) is 3.82. The van der Waals surface area contributed by atoms with Crippen LogP contribution in [0.15, 0.2) is 23.6 Å². The molecule has 0 aromatic carbocycles. The lowest BCUT2D eigenvalue weighted by molar-refractivity contribution is 0.0376. The van der Waals surface area contributed by atoms with Crippen molar-refractivity contribution in [2.24, 2.45) is 0 Å². The molecule has 3 rings (SSSR count). The Hall–Kier alpha value is -2.87. The zero-order valence-corrected chi connectivity index (χ0v) is 15.8. The van der Waals surface area contributed by atoms with Crippen molar-refractivity contribution in [1.29, 1.82) is 0 Å². The SMILES string of the molecule is Cc1[nH]c(C(=O)Nc2cc(-c3cccs3)[nH]n2)c(C)c1C(=O)OC(C)C. The molecule has 7 nitrogen and oxygen atoms in total. The fraction of sp³-hybridized carbons (Fsp3) is 0.278. The summed E-state index contributed by atoms with van der Waals surface area (Å²) < 4.78 is 5.25. The Kier molecular flexibility index (Phi) is 4.94. The number of carbonyl (C=O) groups is 2. The van der Waals surface area contributed by atoms with Gasteiger partial charge in [0.25, 0.3) is 5.91 Å². The summed E-state index contributed by atoms with van der Waals surface area (Å²) in [6.07, 6.45) is -0.229. The van der Waals surface area contributed by atoms with Crippen LogP contribution in [-0.2, 0) is 4.74 Å². The van der Waals surface area contributed by atoms with Gasteiger partial charge in [0.05, 0.1) is 22.2 Å². The number of anilines is 1. The van der Waals surface area contributed by atoms with Crippen molar-refractivity contribution >= 4 is 29.0 Å². The van der Waals surface area contributed by atoms with Crippen molar-refractivity contribution in [2.75, 3.05) is 5.32 Å². The molecule has 0 aliphatic rings. The van der Waals surface area contributed by atoms with Crippen LogP contribution in [0.2, 0.25) is 0 Å². The Bertz CT molecular complexity index is 938. The highest BCUT2D eigenvalue weighted by Gasteiger charge is 2.24. The molecule has 0 fully saturated rings. The molecule has 8 heteroatoms. The highest BCUT2D eigenvalue weighted by Crippen LogP contribution is 2.25. The first-order chi connectivity index (χ1) is 12.4. The number of ether oxygens (including phenoxy) is 1. The number of aromatic nitrogens is 3. The highest BCUT2D eigenvalue weighted by molar-refractivity contribution is 7.13. The maximum atomic E-state index is 12.6. The van der Waals surface area contributed by atoms with Crippen LogP contribution < -0.4 is 5.32 Å². The predicted molar refractivity (Wildman–Crippen MR) is 101 cm³/mol. The van der Waals surface area contributed by atoms with Crippen LogP contribution in [0.4, 0.5) is 5.82 Å². The van der Waals surface area contributed by atoms with Crippen LogP contribution in [0.25, 0.3) is 10.6 Å². The minimum Gasteiger partial charge on any atom is -0.459 e. The molecule has 1 amide bonds. The average molecular weight is 372 g/mol. The van der Waals surface area contributed by atoms with E-state index < -0.39 is 5.97 Å². The summed E-state index contributed by atoms with van der Waals surface area (Å²) in [6, 6.07) is 5.68. The number of nitrogens with zero attached hydrogens (tertiary/aromatic N) is 1. The zero-order chi connectivity index (χ0) is 18.8. The van der Waals surface area contributed by atoms with Gasteiger partial charge in [-0.05, 0) is 44.7 Å². The van der Waals surface area contributed by atoms with E-state index in [1.807, 2.05) is 17.5 Å². The van der Waals surface area contributed by atoms with Gasteiger partial charge in [-0.15, -0.1) is 11.3 Å². The van der Waals surface area contributed by atoms with Gasteiger partial charge in [-0.25, -0.2) is 4.79 Å². The molecule has 3 N–H and O–H groups in total. The van der Waals surface area contributed by atoms with Crippen molar-refractivity contribution in [1.82, 2.24) is 15.2 Å². The molecule has 0 saturated heterocycles. The third-order valence-corrected chi connectivity index (χ3v) is 4.72. The van der Waals surface area contributed by atoms with Gasteiger partial charge in [0, 0.05) is 11.8 Å². The number of carbonyl (C=O) groups excluding carboxylic acids is 2. The van der Waals surface area contributed by atoms with Crippen LogP contribution >= 0.6 is 11.3 Å². The average Bonchev–Trinajstić information content (AvgIpc) is 3.26. The summed E-state index contributed by atoms with van der Waals surface area (Å²) >= 11 is 1.58. The molecule has 0 unspecified atom stereocenters. The van der Waals surface area contributed by atoms with E-state index in [2.05, 4.69) is 20.5 Å². The molecular weight excluding hydrogens is 352 g/mol. The molecule has 3 aromatic rings. The minimum atomic E-state index is -0.440. The number of hydrogen-bond acceptors (Lipinski definition) is 5. The standard InChI is InChI=1S/C18H20N4O3S/c1-9(2)25-18(24)15-10(3)16(19-11(15)4)17(23)20-14-8-12(21-22-14)13-6-5-7-26-13/h5-9,19H,1-4H3,(H2,20,21,22,23). The van der Waals surface area contributed by atoms with E-state index in [1.54, 1.807) is 45.1 Å². The lowest BCUT2D eigenvalue weighted by Gasteiger charge is -2.08. The molecule has 0 saturated carbocycles. The summed E-state index contributed by atoms with van der Waals surface area (Å²) in [5.41, 5.74) is 2.69. The number of nitrogens with one attached hydrogen (secondary N) is 3. The monoisotopic (exact) mass is 372 g/mol. The smallest absolute Gasteiger partial charge is 0.340 e. The predicted octanol–water partition coefficient (Wildman–Crippen LogP) is 3.90. The maximum Gasteiger partial charge on any atom is 0.340 e. The normalized spacial score (nSPS) is 11.0. The number of rotatable bonds is 5. The van der Waals surface area contributed by atoms with Gasteiger partial charge in [-0.2, -0.15) is 5.10 Å². The van der Waals surface area contributed by atoms with Crippen molar-refractivity contribution in [3.05, 3.63) is 46.1 Å². The number of aryl methyl sites for hydroxylation is 1. The molecule has 136 valence electrons. The topological polar surface area (TPSA) is 99.9 Å². The Morgan fingerprint density at radius 2 is 2.08 bits per heavy atom. The Morgan fingerprint density at radius 3 is 2.73 bits per heavy atom. The van der Waals surface area contributed by atoms with E-state index in [9.17, 15) is 9.59 Å². The van der Waals surface area contributed by atoms with Crippen LogP contribution in [0.3, 0.4) is 0 Å². The molecule has 0 radical (unpaired) electrons. The molecule has 0 aliphatic heterocycles. The minimum absolute atomic E-state index is 0.229. The highest BCUT2D eigenvalue weighted by atomic mass is 32.1. The maximum absolute atomic E-state index is 12.6. The summed E-state index contributed by atoms with van der Waals surface area (Å²) in [6.45, 7) is 7.03. The van der Waals surface area contributed by atoms with Crippen LogP contribution in [0.1, 0.15) is 46.0 Å². The molecule has 3 heterocycles. The molecule has 0 bridgehead atoms. The van der Waals surface area contributed by atoms with Gasteiger partial charge >= 0.3 is 5.97 Å². The van der Waals surface area contributed by atoms with Crippen molar-refractivity contribution in [2.45, 2.75) is 33.8 Å². The first-order valence-corrected chi connectivity index (χ1v) is 9.05. The Labute approximate surface area is 154 Å². The van der Waals surface area contributed by atoms with Gasteiger partial charge in [-0.1, -0.05) is 6.07 Å². The molecule has 3 aromatic heterocycles. The number of hydrogen-bond donors (Lipinski definition) is 3. The summed E-state index contributed by atoms with van der Waals surface area (Å²) in [7, 11) is 0. The number of thiophene rings is 1. The van der Waals surface area contributed by atoms with E-state index in [0.717, 1.165) is 10.6 Å². The quantitative estimate of drug-likeness (QED) is 0.591. The molecule has 0 atom stereocenters. The van der Waals surface area contributed by atoms with E-state index >= 15 is 0 Å². The first-order valence-electron chi connectivity index (χ1n) is 8.17. The Morgan fingerprint density at radius 1 is 1.31 bits per heavy atom. The number of aromatic amines is 2. The molecule has 0 spiro atoms. The lowest BCUT2D eigenvalue weighted by atomic mass is 10.1. The summed E-state index contributed by atoms with van der Waals surface area (Å²) in [4.78, 5) is 28.8. The number of H-pyrrole nitrogens is 2. The van der Waals surface area contributed by atoms with Gasteiger partial charge in [0.15, 0.2) is 5.82 Å². The molecule has 26 heavy (non-hydrogen) atoms. The van der Waals surface area contributed by atoms with Crippen molar-refractivity contribution < 1.29 is 14.3 Å². The fourth-order valence-corrected chi connectivity index (χ4v) is 3.37. The Balaban J connectivity index is 1.79. The zero-order valence-electron chi connectivity index (χ0n) is 15.0. The van der Waals surface area contributed by atoms with E-state index in [-0.39, 0.29) is 12.0 Å². The lowest BCUT2D eigenvalue weighted by Crippen LogP contribution is -2.15. The number of amides is 1. The third kappa shape index (κ3) is 3.55. The van der Waals surface area contributed by atoms with Gasteiger partial charge < -0.3 is 15.0 Å². The first kappa shape index (κ1) is 17.9. The van der Waals surface area contributed by atoms with Crippen LogP contribution in [0, 0.1) is 13.8 Å². The largest absolute Gasteiger partial charge is 0.459 e. The summed E-state index contributed by atoms with van der Waals surface area (Å²) in [5.74, 6) is -0.389. The van der Waals surface area contributed by atoms with Gasteiger partial charge in [0.2, 0.25) is 0 Å². The van der Waals surface area contributed by atoms with Crippen molar-refractivity contribution in [3.63, 3.8) is 0 Å². The van der Waals surface area contributed by atoms with Crippen LogP contribution in [-0.4, -0.2) is 33.2 Å².